The van der Waals surface area contributed by atoms with Crippen molar-refractivity contribution in [1.29, 1.82) is 0 Å². The maximum absolute atomic E-state index is 6.12. The number of allylic oxidation sites excluding steroid dienone is 1. The molecule has 0 fully saturated rings. The standard InChI is InChI=1S/C28H36N2/c1-6-23(15-13-21-10-7-8-12-25(21)29)27(2,3)17-18-28(4,5)24-16-14-22-11-9-19-30-26(22)20-24/h7-16,19-20,23H,6,17-18,29H2,1-5H3/b15-13-. The molecule has 0 bridgehead atoms. The van der Waals surface area contributed by atoms with Crippen LogP contribution >= 0.6 is 0 Å². The first-order valence-corrected chi connectivity index (χ1v) is 11.1. The highest BCUT2D eigenvalue weighted by molar-refractivity contribution is 5.79. The molecule has 2 aromatic carbocycles. The Hall–Kier alpha value is -2.61. The van der Waals surface area contributed by atoms with E-state index in [1.54, 1.807) is 0 Å². The minimum absolute atomic E-state index is 0.106. The molecule has 1 aromatic heterocycles. The molecule has 30 heavy (non-hydrogen) atoms. The highest BCUT2D eigenvalue weighted by Crippen LogP contribution is 2.40. The van der Waals surface area contributed by atoms with Crippen molar-refractivity contribution in [1.82, 2.24) is 4.98 Å². The van der Waals surface area contributed by atoms with Crippen LogP contribution in [0.4, 0.5) is 5.69 Å². The van der Waals surface area contributed by atoms with Gasteiger partial charge in [-0.05, 0) is 65.3 Å². The zero-order valence-corrected chi connectivity index (χ0v) is 19.2. The van der Waals surface area contributed by atoms with Crippen LogP contribution in [-0.4, -0.2) is 4.98 Å². The zero-order valence-electron chi connectivity index (χ0n) is 19.2. The fraction of sp³-hybridized carbons (Fsp3) is 0.393. The molecule has 0 aliphatic carbocycles. The van der Waals surface area contributed by atoms with Crippen LogP contribution in [0.3, 0.4) is 0 Å². The van der Waals surface area contributed by atoms with Crippen LogP contribution in [0.1, 0.15) is 65.0 Å². The van der Waals surface area contributed by atoms with Crippen molar-refractivity contribution in [3.05, 3.63) is 78.0 Å². The predicted octanol–water partition coefficient (Wildman–Crippen LogP) is 7.64. The number of fused-ring (bicyclic) bond motifs is 1. The van der Waals surface area contributed by atoms with Gasteiger partial charge in [0.2, 0.25) is 0 Å². The summed E-state index contributed by atoms with van der Waals surface area (Å²) >= 11 is 0. The molecule has 0 saturated carbocycles. The summed E-state index contributed by atoms with van der Waals surface area (Å²) in [4.78, 5) is 4.55. The van der Waals surface area contributed by atoms with Crippen molar-refractivity contribution in [2.75, 3.05) is 5.73 Å². The number of hydrogen-bond donors (Lipinski definition) is 1. The van der Waals surface area contributed by atoms with Gasteiger partial charge >= 0.3 is 0 Å². The lowest BCUT2D eigenvalue weighted by molar-refractivity contribution is 0.208. The van der Waals surface area contributed by atoms with Crippen molar-refractivity contribution in [2.45, 2.75) is 59.3 Å². The van der Waals surface area contributed by atoms with E-state index in [9.17, 15) is 0 Å². The van der Waals surface area contributed by atoms with Gasteiger partial charge in [0, 0.05) is 17.3 Å². The van der Waals surface area contributed by atoms with E-state index in [4.69, 9.17) is 5.73 Å². The molecule has 0 aliphatic rings. The molecular weight excluding hydrogens is 364 g/mol. The van der Waals surface area contributed by atoms with E-state index < -0.39 is 0 Å². The molecule has 0 amide bonds. The lowest BCUT2D eigenvalue weighted by Crippen LogP contribution is -2.26. The lowest BCUT2D eigenvalue weighted by Gasteiger charge is -2.36. The van der Waals surface area contributed by atoms with Gasteiger partial charge in [0.25, 0.3) is 0 Å². The summed E-state index contributed by atoms with van der Waals surface area (Å²) in [5.41, 5.74) is 10.8. The average Bonchev–Trinajstić information content (AvgIpc) is 2.73. The predicted molar refractivity (Wildman–Crippen MR) is 131 cm³/mol. The largest absolute Gasteiger partial charge is 0.398 e. The molecule has 1 atom stereocenters. The summed E-state index contributed by atoms with van der Waals surface area (Å²) in [6.07, 6.45) is 9.85. The van der Waals surface area contributed by atoms with E-state index in [0.29, 0.717) is 5.92 Å². The van der Waals surface area contributed by atoms with Crippen molar-refractivity contribution >= 4 is 22.7 Å². The van der Waals surface area contributed by atoms with E-state index in [1.807, 2.05) is 30.5 Å². The topological polar surface area (TPSA) is 38.9 Å². The molecule has 2 N–H and O–H groups in total. The number of hydrogen-bond acceptors (Lipinski definition) is 2. The van der Waals surface area contributed by atoms with Crippen LogP contribution in [0.25, 0.3) is 17.0 Å². The Morgan fingerprint density at radius 1 is 0.967 bits per heavy atom. The highest BCUT2D eigenvalue weighted by Gasteiger charge is 2.30. The first kappa shape index (κ1) is 22.1. The smallest absolute Gasteiger partial charge is 0.0704 e. The number of anilines is 1. The quantitative estimate of drug-likeness (QED) is 0.394. The maximum atomic E-state index is 6.12. The van der Waals surface area contributed by atoms with Crippen molar-refractivity contribution in [3.63, 3.8) is 0 Å². The van der Waals surface area contributed by atoms with Crippen molar-refractivity contribution in [3.8, 4) is 0 Å². The summed E-state index contributed by atoms with van der Waals surface area (Å²) in [5.74, 6) is 0.506. The normalized spacial score (nSPS) is 13.8. The Bertz CT molecular complexity index is 1010. The van der Waals surface area contributed by atoms with Gasteiger partial charge < -0.3 is 5.73 Å². The van der Waals surface area contributed by atoms with E-state index in [2.05, 4.69) is 82.1 Å². The molecule has 0 aliphatic heterocycles. The van der Waals surface area contributed by atoms with Gasteiger partial charge in [0.1, 0.15) is 0 Å². The van der Waals surface area contributed by atoms with Gasteiger partial charge in [-0.1, -0.05) is 83.2 Å². The van der Waals surface area contributed by atoms with E-state index in [0.717, 1.165) is 36.0 Å². The molecule has 3 aromatic rings. The third-order valence-corrected chi connectivity index (χ3v) is 6.73. The lowest BCUT2D eigenvalue weighted by atomic mass is 9.69. The first-order valence-electron chi connectivity index (χ1n) is 11.1. The third kappa shape index (κ3) is 5.11. The second-order valence-corrected chi connectivity index (χ2v) is 9.79. The summed E-state index contributed by atoms with van der Waals surface area (Å²) in [6.45, 7) is 11.8. The number of benzene rings is 2. The van der Waals surface area contributed by atoms with Crippen LogP contribution in [0.2, 0.25) is 0 Å². The van der Waals surface area contributed by atoms with E-state index in [1.165, 1.54) is 10.9 Å². The zero-order chi connectivity index (χ0) is 21.8. The first-order chi connectivity index (χ1) is 14.2. The number of para-hydroxylation sites is 1. The summed E-state index contributed by atoms with van der Waals surface area (Å²) in [7, 11) is 0. The minimum atomic E-state index is 0.106. The Morgan fingerprint density at radius 3 is 2.47 bits per heavy atom. The molecular formula is C28H36N2. The number of pyridine rings is 1. The maximum Gasteiger partial charge on any atom is 0.0704 e. The fourth-order valence-electron chi connectivity index (χ4n) is 4.28. The SMILES string of the molecule is CCC(/C=C\c1ccccc1N)C(C)(C)CCC(C)(C)c1ccc2cccnc2c1. The van der Waals surface area contributed by atoms with E-state index >= 15 is 0 Å². The van der Waals surface area contributed by atoms with Crippen molar-refractivity contribution < 1.29 is 0 Å². The number of rotatable bonds is 8. The molecule has 1 heterocycles. The molecule has 0 spiro atoms. The fourth-order valence-corrected chi connectivity index (χ4v) is 4.28. The third-order valence-electron chi connectivity index (χ3n) is 6.73. The molecule has 3 rings (SSSR count). The Labute approximate surface area is 182 Å². The molecule has 158 valence electrons. The molecule has 2 nitrogen and oxygen atoms in total. The molecule has 1 unspecified atom stereocenters. The van der Waals surface area contributed by atoms with Crippen LogP contribution in [0.15, 0.2) is 66.9 Å². The summed E-state index contributed by atoms with van der Waals surface area (Å²) in [5, 5.41) is 1.20. The second kappa shape index (κ2) is 9.04. The summed E-state index contributed by atoms with van der Waals surface area (Å²) in [6, 6.07) is 18.9. The number of nitrogens with two attached hydrogens (primary N) is 1. The van der Waals surface area contributed by atoms with Crippen molar-refractivity contribution in [2.24, 2.45) is 11.3 Å². The van der Waals surface area contributed by atoms with Crippen LogP contribution in [0, 0.1) is 11.3 Å². The Balaban J connectivity index is 1.73. The van der Waals surface area contributed by atoms with Crippen LogP contribution in [0.5, 0.6) is 0 Å². The molecule has 0 saturated heterocycles. The van der Waals surface area contributed by atoms with Gasteiger partial charge in [-0.25, -0.2) is 0 Å². The van der Waals surface area contributed by atoms with Gasteiger partial charge in [-0.2, -0.15) is 0 Å². The monoisotopic (exact) mass is 400 g/mol. The number of nitrogens with zero attached hydrogens (tertiary/aromatic N) is 1. The summed E-state index contributed by atoms with van der Waals surface area (Å²) < 4.78 is 0. The number of nitrogen functional groups attached to an aromatic ring is 1. The number of aromatic nitrogens is 1. The Morgan fingerprint density at radius 2 is 1.73 bits per heavy atom. The van der Waals surface area contributed by atoms with Gasteiger partial charge in [-0.3, -0.25) is 4.98 Å². The second-order valence-electron chi connectivity index (χ2n) is 9.79. The van der Waals surface area contributed by atoms with E-state index in [-0.39, 0.29) is 10.8 Å². The Kier molecular flexibility index (Phi) is 6.65. The van der Waals surface area contributed by atoms with Gasteiger partial charge in [0.05, 0.1) is 5.52 Å². The molecule has 2 heteroatoms. The average molecular weight is 401 g/mol. The highest BCUT2D eigenvalue weighted by atomic mass is 14.6. The van der Waals surface area contributed by atoms with Gasteiger partial charge in [0.15, 0.2) is 0 Å². The van der Waals surface area contributed by atoms with Crippen LogP contribution in [-0.2, 0) is 5.41 Å². The minimum Gasteiger partial charge on any atom is -0.398 e. The van der Waals surface area contributed by atoms with Gasteiger partial charge in [-0.15, -0.1) is 0 Å². The van der Waals surface area contributed by atoms with Crippen LogP contribution < -0.4 is 5.73 Å². The molecule has 0 radical (unpaired) electrons.